The summed E-state index contributed by atoms with van der Waals surface area (Å²) < 4.78 is 7.34. The van der Waals surface area contributed by atoms with E-state index in [2.05, 4.69) is 46.4 Å². The predicted octanol–water partition coefficient (Wildman–Crippen LogP) is 3.83. The van der Waals surface area contributed by atoms with Gasteiger partial charge in [-0.3, -0.25) is 4.68 Å². The molecule has 0 fully saturated rings. The molecule has 27 heavy (non-hydrogen) atoms. The molecule has 0 bridgehead atoms. The molecule has 6 nitrogen and oxygen atoms in total. The second kappa shape index (κ2) is 7.17. The topological polar surface area (TPSA) is 79.0 Å². The average molecular weight is 357 g/mol. The van der Waals surface area contributed by atoms with Crippen LogP contribution in [0.3, 0.4) is 0 Å². The van der Waals surface area contributed by atoms with Gasteiger partial charge in [0.05, 0.1) is 13.1 Å². The Balaban J connectivity index is 1.57. The van der Waals surface area contributed by atoms with Crippen molar-refractivity contribution < 1.29 is 4.52 Å². The maximum atomic E-state index is 9.14. The summed E-state index contributed by atoms with van der Waals surface area (Å²) >= 11 is 0. The molecule has 0 spiro atoms. The lowest BCUT2D eigenvalue weighted by Gasteiger charge is -2.04. The molecule has 2 aromatic heterocycles. The van der Waals surface area contributed by atoms with Gasteiger partial charge in [-0.2, -0.15) is 10.1 Å². The number of benzene rings is 2. The summed E-state index contributed by atoms with van der Waals surface area (Å²) in [6.45, 7) is 4.78. The fourth-order valence-electron chi connectivity index (χ4n) is 2.85. The van der Waals surface area contributed by atoms with E-state index in [1.807, 2.05) is 41.9 Å². The number of hydrogen-bond donors (Lipinski definition) is 0. The lowest BCUT2D eigenvalue weighted by atomic mass is 10.1. The molecule has 0 saturated heterocycles. The summed E-state index contributed by atoms with van der Waals surface area (Å²) in [5.41, 5.74) is 14.9. The average Bonchev–Trinajstić information content (AvgIpc) is 3.31. The van der Waals surface area contributed by atoms with Crippen LogP contribution >= 0.6 is 0 Å². The van der Waals surface area contributed by atoms with E-state index in [0.717, 1.165) is 16.8 Å². The van der Waals surface area contributed by atoms with E-state index in [4.69, 9.17) is 10.3 Å². The third-order valence-corrected chi connectivity index (χ3v) is 4.47. The first-order chi connectivity index (χ1) is 13.1. The Hall–Kier alpha value is -3.25. The first-order valence-electron chi connectivity index (χ1n) is 8.76. The molecule has 4 aromatic rings. The van der Waals surface area contributed by atoms with Crippen LogP contribution in [0.1, 0.15) is 22.4 Å². The lowest BCUT2D eigenvalue weighted by Crippen LogP contribution is -2.03. The van der Waals surface area contributed by atoms with Gasteiger partial charge in [-0.1, -0.05) is 59.3 Å². The zero-order valence-electron chi connectivity index (χ0n) is 15.3. The van der Waals surface area contributed by atoms with Gasteiger partial charge in [-0.15, -0.1) is 5.73 Å². The smallest absolute Gasteiger partial charge is 0.278 e. The van der Waals surface area contributed by atoms with Crippen molar-refractivity contribution in [3.63, 3.8) is 0 Å². The molecule has 134 valence electrons. The summed E-state index contributed by atoms with van der Waals surface area (Å²) in [6.07, 6.45) is 0. The number of hydrogen-bond acceptors (Lipinski definition) is 4. The van der Waals surface area contributed by atoms with Crippen molar-refractivity contribution in [2.24, 2.45) is 0 Å². The summed E-state index contributed by atoms with van der Waals surface area (Å²) in [4.78, 5) is 4.46. The van der Waals surface area contributed by atoms with Crippen molar-refractivity contribution in [1.82, 2.24) is 25.7 Å². The van der Waals surface area contributed by atoms with Gasteiger partial charge in [0.25, 0.3) is 5.89 Å². The zero-order chi connectivity index (χ0) is 18.8. The minimum absolute atomic E-state index is 0.00939. The molecule has 0 atom stereocenters. The normalized spacial score (nSPS) is 11.1. The van der Waals surface area contributed by atoms with Gasteiger partial charge in [0.1, 0.15) is 0 Å². The highest BCUT2D eigenvalue weighted by atomic mass is 16.5. The van der Waals surface area contributed by atoms with Crippen LogP contribution in [0.15, 0.2) is 59.1 Å². The molecular formula is C21H19N5O. The highest BCUT2D eigenvalue weighted by Gasteiger charge is 2.15. The molecule has 0 N–H and O–H groups in total. The Morgan fingerprint density at radius 2 is 1.67 bits per heavy atom. The molecule has 0 saturated carbocycles. The minimum atomic E-state index is 0.00939. The van der Waals surface area contributed by atoms with Crippen molar-refractivity contribution >= 4 is 0 Å². The van der Waals surface area contributed by atoms with Gasteiger partial charge in [-0.25, -0.2) is 0 Å². The fraction of sp³-hybridized carbons (Fsp3) is 0.190. The molecule has 2 aromatic carbocycles. The molecule has 2 radical (unpaired) electrons. The highest BCUT2D eigenvalue weighted by molar-refractivity contribution is 5.58. The van der Waals surface area contributed by atoms with Crippen LogP contribution in [0.2, 0.25) is 0 Å². The van der Waals surface area contributed by atoms with Gasteiger partial charge in [0, 0.05) is 11.3 Å². The van der Waals surface area contributed by atoms with Crippen LogP contribution in [-0.2, 0) is 13.1 Å². The molecule has 0 aliphatic heterocycles. The van der Waals surface area contributed by atoms with E-state index in [1.54, 1.807) is 0 Å². The van der Waals surface area contributed by atoms with Gasteiger partial charge in [0.15, 0.2) is 5.69 Å². The minimum Gasteiger partial charge on any atom is -0.332 e. The molecule has 6 heteroatoms. The molecule has 0 aliphatic carbocycles. The number of nitrogens with zero attached hydrogens (tertiary/aromatic N) is 5. The predicted molar refractivity (Wildman–Crippen MR) is 102 cm³/mol. The quantitative estimate of drug-likeness (QED) is 0.544. The Labute approximate surface area is 157 Å². The summed E-state index contributed by atoms with van der Waals surface area (Å²) in [7, 11) is 0. The van der Waals surface area contributed by atoms with Crippen molar-refractivity contribution in [3.05, 3.63) is 77.0 Å². The standard InChI is InChI=1S/C21H19N5O/c1-14-3-5-17(6-4-14)13-26-15(2)11-19(24-26)21-23-20(25-27-21)18-9-7-16(12-22)8-10-18/h3-11H,12-13H2,1-2H3. The van der Waals surface area contributed by atoms with Crippen molar-refractivity contribution in [2.75, 3.05) is 0 Å². The second-order valence-electron chi connectivity index (χ2n) is 6.59. The Bertz CT molecular complexity index is 1050. The zero-order valence-corrected chi connectivity index (χ0v) is 15.3. The molecule has 0 amide bonds. The van der Waals surface area contributed by atoms with Gasteiger partial charge < -0.3 is 4.52 Å². The third kappa shape index (κ3) is 3.66. The van der Waals surface area contributed by atoms with Crippen molar-refractivity contribution in [2.45, 2.75) is 26.9 Å². The monoisotopic (exact) mass is 357 g/mol. The number of aryl methyl sites for hydroxylation is 2. The lowest BCUT2D eigenvalue weighted by molar-refractivity contribution is 0.430. The van der Waals surface area contributed by atoms with Gasteiger partial charge in [0.2, 0.25) is 5.82 Å². The van der Waals surface area contributed by atoms with Crippen molar-refractivity contribution in [1.29, 1.82) is 0 Å². The SMILES string of the molecule is Cc1ccc(Cn2nc(-c3nc(-c4ccc(C[N])cc4)no3)cc2C)cc1. The maximum absolute atomic E-state index is 9.14. The van der Waals surface area contributed by atoms with Crippen LogP contribution in [0.4, 0.5) is 0 Å². The molecular weight excluding hydrogens is 338 g/mol. The summed E-state index contributed by atoms with van der Waals surface area (Å²) in [5.74, 6) is 0.891. The number of rotatable bonds is 5. The Morgan fingerprint density at radius 3 is 2.37 bits per heavy atom. The van der Waals surface area contributed by atoms with Crippen LogP contribution in [0.5, 0.6) is 0 Å². The number of aromatic nitrogens is 4. The second-order valence-corrected chi connectivity index (χ2v) is 6.59. The first-order valence-corrected chi connectivity index (χ1v) is 8.76. The molecule has 0 aliphatic rings. The van der Waals surface area contributed by atoms with Crippen LogP contribution in [-0.4, -0.2) is 19.9 Å². The van der Waals surface area contributed by atoms with E-state index >= 15 is 0 Å². The third-order valence-electron chi connectivity index (χ3n) is 4.47. The fourth-order valence-corrected chi connectivity index (χ4v) is 2.85. The van der Waals surface area contributed by atoms with Crippen LogP contribution in [0, 0.1) is 13.8 Å². The molecule has 2 heterocycles. The Kier molecular flexibility index (Phi) is 4.56. The maximum Gasteiger partial charge on any atom is 0.278 e. The summed E-state index contributed by atoms with van der Waals surface area (Å²) in [5, 5.41) is 8.67. The van der Waals surface area contributed by atoms with Crippen LogP contribution in [0.25, 0.3) is 23.0 Å². The summed E-state index contributed by atoms with van der Waals surface area (Å²) in [6, 6.07) is 17.8. The van der Waals surface area contributed by atoms with E-state index in [0.29, 0.717) is 24.0 Å². The highest BCUT2D eigenvalue weighted by Crippen LogP contribution is 2.22. The van der Waals surface area contributed by atoms with Crippen LogP contribution < -0.4 is 5.73 Å². The Morgan fingerprint density at radius 1 is 0.963 bits per heavy atom. The van der Waals surface area contributed by atoms with E-state index in [1.165, 1.54) is 11.1 Å². The van der Waals surface area contributed by atoms with Gasteiger partial charge >= 0.3 is 0 Å². The van der Waals surface area contributed by atoms with Crippen molar-refractivity contribution in [3.8, 4) is 23.0 Å². The van der Waals surface area contributed by atoms with Gasteiger partial charge in [-0.05, 0) is 31.0 Å². The van der Waals surface area contributed by atoms with E-state index in [-0.39, 0.29) is 6.54 Å². The molecule has 0 unspecified atom stereocenters. The van der Waals surface area contributed by atoms with E-state index < -0.39 is 0 Å². The molecule has 4 rings (SSSR count). The van der Waals surface area contributed by atoms with E-state index in [9.17, 15) is 0 Å². The first kappa shape index (κ1) is 17.2. The largest absolute Gasteiger partial charge is 0.332 e.